The molecule has 0 amide bonds. The highest BCUT2D eigenvalue weighted by molar-refractivity contribution is 5.84. The van der Waals surface area contributed by atoms with Gasteiger partial charge in [-0.25, -0.2) is 0 Å². The van der Waals surface area contributed by atoms with Gasteiger partial charge in [-0.15, -0.1) is 0 Å². The first-order valence-electron chi connectivity index (χ1n) is 8.26. The van der Waals surface area contributed by atoms with Crippen LogP contribution in [0, 0.1) is 5.21 Å². The molecule has 0 spiro atoms. The minimum Gasteiger partial charge on any atom is -0.633 e. The lowest BCUT2D eigenvalue weighted by Crippen LogP contribution is -2.48. The van der Waals surface area contributed by atoms with E-state index < -0.39 is 4.65 Å². The Morgan fingerprint density at radius 3 is 2.48 bits per heavy atom. The van der Waals surface area contributed by atoms with E-state index in [1.807, 2.05) is 6.07 Å². The normalized spacial score (nSPS) is 23.6. The topological polar surface area (TPSA) is 82.0 Å². The highest BCUT2D eigenvalue weighted by Gasteiger charge is 2.41. The predicted molar refractivity (Wildman–Crippen MR) is 92.9 cm³/mol. The smallest absolute Gasteiger partial charge is 0.166 e. The summed E-state index contributed by atoms with van der Waals surface area (Å²) in [4.78, 5) is 0. The summed E-state index contributed by atoms with van der Waals surface area (Å²) in [5.74, 6) is 0.794. The second kappa shape index (κ2) is 5.28. The largest absolute Gasteiger partial charge is 0.633 e. The van der Waals surface area contributed by atoms with Crippen molar-refractivity contribution in [3.05, 3.63) is 40.1 Å². The summed E-state index contributed by atoms with van der Waals surface area (Å²) in [7, 11) is 4.68. The van der Waals surface area contributed by atoms with Gasteiger partial charge in [0.1, 0.15) is 6.04 Å². The lowest BCUT2D eigenvalue weighted by molar-refractivity contribution is -0.894. The van der Waals surface area contributed by atoms with Gasteiger partial charge in [-0.2, -0.15) is 0 Å². The zero-order valence-corrected chi connectivity index (χ0v) is 14.5. The Hall–Kier alpha value is -2.44. The Morgan fingerprint density at radius 2 is 1.80 bits per heavy atom. The SMILES string of the molecule is COc1cc2c(cc1O)C[C@@H]1c3c(cc(OC)c(O)c3-2)CC[N@@+]1(C)[O-]. The number of ether oxygens (including phenoxy) is 2. The van der Waals surface area contributed by atoms with Crippen molar-refractivity contribution in [1.82, 2.24) is 0 Å². The van der Waals surface area contributed by atoms with E-state index in [0.717, 1.165) is 22.3 Å². The van der Waals surface area contributed by atoms with Gasteiger partial charge in [-0.3, -0.25) is 0 Å². The van der Waals surface area contributed by atoms with Crippen LogP contribution in [0.25, 0.3) is 11.1 Å². The lowest BCUT2D eigenvalue weighted by atomic mass is 9.76. The molecule has 0 saturated heterocycles. The molecule has 2 N–H and O–H groups in total. The molecule has 0 saturated carbocycles. The van der Waals surface area contributed by atoms with Gasteiger partial charge in [0.15, 0.2) is 23.0 Å². The quantitative estimate of drug-likeness (QED) is 0.647. The Morgan fingerprint density at radius 1 is 1.08 bits per heavy atom. The number of benzene rings is 2. The first kappa shape index (κ1) is 16.1. The van der Waals surface area contributed by atoms with Crippen LogP contribution in [0.3, 0.4) is 0 Å². The molecule has 1 heterocycles. The molecule has 6 nitrogen and oxygen atoms in total. The maximum Gasteiger partial charge on any atom is 0.166 e. The molecule has 25 heavy (non-hydrogen) atoms. The standard InChI is InChI=1S/C19H21NO5/c1-20(23)5-4-10-8-16(25-3)19(22)18-12-9-15(24-2)14(21)7-11(12)6-13(20)17(10)18/h7-9,13,21-22H,4-6H2,1-3H3/t13-,20-/m1/s1. The monoisotopic (exact) mass is 343 g/mol. The molecule has 6 heteroatoms. The van der Waals surface area contributed by atoms with Crippen molar-refractivity contribution >= 4 is 0 Å². The van der Waals surface area contributed by atoms with Crippen molar-refractivity contribution in [1.29, 1.82) is 0 Å². The fourth-order valence-electron chi connectivity index (χ4n) is 4.18. The van der Waals surface area contributed by atoms with Crippen molar-refractivity contribution in [3.8, 4) is 34.1 Å². The number of methoxy groups -OCH3 is 2. The van der Waals surface area contributed by atoms with Crippen molar-refractivity contribution in [2.24, 2.45) is 0 Å². The predicted octanol–water partition coefficient (Wildman–Crippen LogP) is 2.88. The number of nitrogens with zero attached hydrogens (tertiary/aromatic N) is 1. The van der Waals surface area contributed by atoms with E-state index in [1.54, 1.807) is 19.2 Å². The Labute approximate surface area is 146 Å². The average molecular weight is 343 g/mol. The van der Waals surface area contributed by atoms with Gasteiger partial charge in [0, 0.05) is 24.0 Å². The van der Waals surface area contributed by atoms with Gasteiger partial charge in [0.05, 0.1) is 27.8 Å². The Bertz CT molecular complexity index is 875. The molecule has 4 rings (SSSR count). The van der Waals surface area contributed by atoms with Crippen LogP contribution >= 0.6 is 0 Å². The summed E-state index contributed by atoms with van der Waals surface area (Å²) in [5.41, 5.74) is 4.16. The van der Waals surface area contributed by atoms with Crippen LogP contribution < -0.4 is 9.47 Å². The molecule has 1 aliphatic heterocycles. The van der Waals surface area contributed by atoms with Crippen molar-refractivity contribution in [2.45, 2.75) is 18.9 Å². The van der Waals surface area contributed by atoms with Crippen LogP contribution in [0.4, 0.5) is 0 Å². The van der Waals surface area contributed by atoms with Gasteiger partial charge >= 0.3 is 0 Å². The number of hydroxylamine groups is 3. The van der Waals surface area contributed by atoms with Crippen molar-refractivity contribution in [2.75, 3.05) is 27.8 Å². The number of hydrogen-bond acceptors (Lipinski definition) is 5. The second-order valence-electron chi connectivity index (χ2n) is 6.92. The van der Waals surface area contributed by atoms with Gasteiger partial charge in [-0.05, 0) is 34.9 Å². The van der Waals surface area contributed by atoms with Crippen LogP contribution in [-0.2, 0) is 12.8 Å². The summed E-state index contributed by atoms with van der Waals surface area (Å²) in [5, 5.41) is 34.0. The average Bonchev–Trinajstić information content (AvgIpc) is 2.58. The van der Waals surface area contributed by atoms with Gasteiger partial charge < -0.3 is 29.5 Å². The lowest BCUT2D eigenvalue weighted by Gasteiger charge is -2.51. The zero-order chi connectivity index (χ0) is 17.9. The number of quaternary nitrogens is 1. The minimum absolute atomic E-state index is 0.0295. The highest BCUT2D eigenvalue weighted by atomic mass is 16.5. The van der Waals surface area contributed by atoms with E-state index in [4.69, 9.17) is 9.47 Å². The molecular formula is C19H21NO5. The number of likely N-dealkylation sites (N-methyl/N-ethyl adjacent to an activating group) is 1. The summed E-state index contributed by atoms with van der Waals surface area (Å²) < 4.78 is 10.2. The molecule has 0 unspecified atom stereocenters. The van der Waals surface area contributed by atoms with Crippen LogP contribution in [0.15, 0.2) is 18.2 Å². The van der Waals surface area contributed by atoms with Gasteiger partial charge in [0.25, 0.3) is 0 Å². The molecule has 1 aliphatic carbocycles. The fraction of sp³-hybridized carbons (Fsp3) is 0.368. The molecule has 0 fully saturated rings. The van der Waals surface area contributed by atoms with Crippen LogP contribution in [-0.4, -0.2) is 42.7 Å². The first-order chi connectivity index (χ1) is 11.9. The molecule has 132 valence electrons. The van der Waals surface area contributed by atoms with E-state index in [9.17, 15) is 15.4 Å². The third-order valence-electron chi connectivity index (χ3n) is 5.52. The third-order valence-corrected chi connectivity index (χ3v) is 5.52. The summed E-state index contributed by atoms with van der Waals surface area (Å²) >= 11 is 0. The number of rotatable bonds is 2. The number of fused-ring (bicyclic) bond motifs is 2. The number of hydrogen-bond donors (Lipinski definition) is 2. The number of phenolic OH excluding ortho intramolecular Hbond substituents is 2. The molecule has 0 radical (unpaired) electrons. The Kier molecular flexibility index (Phi) is 3.39. The molecule has 2 aliphatic rings. The van der Waals surface area contributed by atoms with Crippen LogP contribution in [0.5, 0.6) is 23.0 Å². The summed E-state index contributed by atoms with van der Waals surface area (Å²) in [6.07, 6.45) is 1.15. The zero-order valence-electron chi connectivity index (χ0n) is 14.5. The molecule has 0 aromatic heterocycles. The molecule has 2 aromatic carbocycles. The van der Waals surface area contributed by atoms with E-state index in [2.05, 4.69) is 0 Å². The van der Waals surface area contributed by atoms with Crippen LogP contribution in [0.1, 0.15) is 22.7 Å². The van der Waals surface area contributed by atoms with E-state index in [1.165, 1.54) is 14.2 Å². The van der Waals surface area contributed by atoms with E-state index >= 15 is 0 Å². The minimum atomic E-state index is -0.391. The fourth-order valence-corrected chi connectivity index (χ4v) is 4.18. The van der Waals surface area contributed by atoms with E-state index in [0.29, 0.717) is 36.4 Å². The molecule has 2 atom stereocenters. The van der Waals surface area contributed by atoms with Crippen molar-refractivity contribution < 1.29 is 24.3 Å². The van der Waals surface area contributed by atoms with Crippen molar-refractivity contribution in [3.63, 3.8) is 0 Å². The third kappa shape index (κ3) is 2.18. The molecule has 2 aromatic rings. The maximum absolute atomic E-state index is 13.1. The summed E-state index contributed by atoms with van der Waals surface area (Å²) in [6.45, 7) is 0.475. The van der Waals surface area contributed by atoms with E-state index in [-0.39, 0.29) is 17.5 Å². The van der Waals surface area contributed by atoms with Crippen LogP contribution in [0.2, 0.25) is 0 Å². The number of aromatic hydroxyl groups is 2. The highest BCUT2D eigenvalue weighted by Crippen LogP contribution is 2.54. The second-order valence-corrected chi connectivity index (χ2v) is 6.92. The Balaban J connectivity index is 2.08. The maximum atomic E-state index is 13.1. The molecular weight excluding hydrogens is 322 g/mol. The first-order valence-corrected chi connectivity index (χ1v) is 8.26. The van der Waals surface area contributed by atoms with Gasteiger partial charge in [-0.1, -0.05) is 0 Å². The number of phenols is 2. The van der Waals surface area contributed by atoms with Gasteiger partial charge in [0.2, 0.25) is 0 Å². The summed E-state index contributed by atoms with van der Waals surface area (Å²) in [6, 6.07) is 4.88. The molecule has 0 bridgehead atoms.